The van der Waals surface area contributed by atoms with E-state index in [0.29, 0.717) is 11.6 Å². The van der Waals surface area contributed by atoms with Crippen molar-refractivity contribution in [1.82, 2.24) is 9.97 Å². The van der Waals surface area contributed by atoms with Crippen molar-refractivity contribution in [2.45, 2.75) is 31.3 Å². The van der Waals surface area contributed by atoms with Crippen LogP contribution in [-0.2, 0) is 6.42 Å². The summed E-state index contributed by atoms with van der Waals surface area (Å²) < 4.78 is 6.03. The number of nitrogens with two attached hydrogens (primary N) is 1. The molecule has 2 aromatic rings. The monoisotopic (exact) mass is 302 g/mol. The van der Waals surface area contributed by atoms with E-state index in [9.17, 15) is 0 Å². The lowest BCUT2D eigenvalue weighted by molar-refractivity contribution is 0.210. The molecule has 0 bridgehead atoms. The first-order chi connectivity index (χ1) is 10.2. The van der Waals surface area contributed by atoms with E-state index in [1.54, 1.807) is 11.8 Å². The van der Waals surface area contributed by atoms with E-state index in [1.165, 1.54) is 0 Å². The number of hydrogen-bond donors (Lipinski definition) is 2. The molecule has 1 atom stereocenters. The van der Waals surface area contributed by atoms with Gasteiger partial charge in [-0.25, -0.2) is 15.8 Å². The molecule has 21 heavy (non-hydrogen) atoms. The number of nitrogens with one attached hydrogen (secondary N) is 1. The molecule has 0 saturated carbocycles. The number of hydrazine groups is 1. The van der Waals surface area contributed by atoms with Crippen LogP contribution >= 0.6 is 11.8 Å². The number of hydrogen-bond acceptors (Lipinski definition) is 6. The van der Waals surface area contributed by atoms with Gasteiger partial charge in [0.05, 0.1) is 0 Å². The smallest absolute Gasteiger partial charge is 0.172 e. The number of nitrogens with zero attached hydrogens (tertiary/aromatic N) is 2. The number of benzene rings is 1. The van der Waals surface area contributed by atoms with E-state index in [4.69, 9.17) is 10.6 Å². The molecule has 2 heterocycles. The van der Waals surface area contributed by atoms with Gasteiger partial charge in [-0.3, -0.25) is 0 Å². The number of thioether (sulfide) groups is 1. The number of aryl methyl sites for hydroxylation is 1. The predicted molar refractivity (Wildman–Crippen MR) is 84.5 cm³/mol. The molecule has 5 nitrogen and oxygen atoms in total. The van der Waals surface area contributed by atoms with E-state index in [0.717, 1.165) is 34.1 Å². The van der Waals surface area contributed by atoms with Gasteiger partial charge in [0.15, 0.2) is 11.9 Å². The summed E-state index contributed by atoms with van der Waals surface area (Å²) in [5.74, 6) is 8.64. The van der Waals surface area contributed by atoms with Crippen LogP contribution in [0.2, 0.25) is 0 Å². The molecule has 0 fully saturated rings. The largest absolute Gasteiger partial charge is 0.480 e. The summed E-state index contributed by atoms with van der Waals surface area (Å²) in [4.78, 5) is 10.3. The molecule has 6 heteroatoms. The molecule has 0 aliphatic carbocycles. The number of aromatic nitrogens is 2. The van der Waals surface area contributed by atoms with Gasteiger partial charge in [0.1, 0.15) is 11.6 Å². The second-order valence-electron chi connectivity index (χ2n) is 4.86. The van der Waals surface area contributed by atoms with E-state index in [1.807, 2.05) is 25.1 Å². The van der Waals surface area contributed by atoms with Gasteiger partial charge in [0.25, 0.3) is 0 Å². The Morgan fingerprint density at radius 2 is 2.19 bits per heavy atom. The normalized spacial score (nSPS) is 17.0. The topological polar surface area (TPSA) is 73.1 Å². The average molecular weight is 302 g/mol. The van der Waals surface area contributed by atoms with Crippen molar-refractivity contribution in [1.29, 1.82) is 0 Å². The molecule has 3 rings (SSSR count). The number of anilines is 1. The fourth-order valence-corrected chi connectivity index (χ4v) is 3.43. The lowest BCUT2D eigenvalue weighted by Crippen LogP contribution is -2.21. The van der Waals surface area contributed by atoms with Gasteiger partial charge < -0.3 is 10.2 Å². The summed E-state index contributed by atoms with van der Waals surface area (Å²) in [6.45, 7) is 4.05. The molecular weight excluding hydrogens is 284 g/mol. The standard InChI is InChI=1S/C15H18N4OS/c1-3-10-9(2)17-15(18-14(10)19-16)12-8-21-13-7-5-4-6-11(13)20-12/h4-7,12H,3,8,16H2,1-2H3,(H,17,18,19). The van der Waals surface area contributed by atoms with E-state index in [-0.39, 0.29) is 6.10 Å². The first kappa shape index (κ1) is 14.2. The third-order valence-corrected chi connectivity index (χ3v) is 4.64. The number of ether oxygens (including phenoxy) is 1. The van der Waals surface area contributed by atoms with E-state index >= 15 is 0 Å². The summed E-state index contributed by atoms with van der Waals surface area (Å²) >= 11 is 1.76. The molecule has 110 valence electrons. The number of fused-ring (bicyclic) bond motifs is 1. The fraction of sp³-hybridized carbons (Fsp3) is 0.333. The Balaban J connectivity index is 1.93. The predicted octanol–water partition coefficient (Wildman–Crippen LogP) is 2.86. The van der Waals surface area contributed by atoms with Gasteiger partial charge in [-0.05, 0) is 25.5 Å². The third-order valence-electron chi connectivity index (χ3n) is 3.52. The van der Waals surface area contributed by atoms with Crippen molar-refractivity contribution >= 4 is 17.6 Å². The first-order valence-electron chi connectivity index (χ1n) is 6.95. The Hall–Kier alpha value is -1.79. The highest BCUT2D eigenvalue weighted by Gasteiger charge is 2.25. The van der Waals surface area contributed by atoms with Gasteiger partial charge >= 0.3 is 0 Å². The third kappa shape index (κ3) is 2.69. The van der Waals surface area contributed by atoms with E-state index in [2.05, 4.69) is 28.4 Å². The summed E-state index contributed by atoms with van der Waals surface area (Å²) in [5.41, 5.74) is 4.67. The zero-order chi connectivity index (χ0) is 14.8. The van der Waals surface area contributed by atoms with Crippen molar-refractivity contribution in [3.63, 3.8) is 0 Å². The molecule has 1 aliphatic heterocycles. The van der Waals surface area contributed by atoms with Crippen LogP contribution in [0.15, 0.2) is 29.2 Å². The summed E-state index contributed by atoms with van der Waals surface area (Å²) in [6, 6.07) is 8.03. The van der Waals surface area contributed by atoms with Crippen LogP contribution < -0.4 is 16.0 Å². The molecular formula is C15H18N4OS. The van der Waals surface area contributed by atoms with Gasteiger partial charge in [0, 0.05) is 21.9 Å². The van der Waals surface area contributed by atoms with Crippen molar-refractivity contribution in [2.24, 2.45) is 5.84 Å². The Morgan fingerprint density at radius 3 is 2.95 bits per heavy atom. The molecule has 1 aromatic heterocycles. The van der Waals surface area contributed by atoms with Crippen molar-refractivity contribution in [3.05, 3.63) is 41.3 Å². The highest BCUT2D eigenvalue weighted by Crippen LogP contribution is 2.39. The van der Waals surface area contributed by atoms with Crippen molar-refractivity contribution in [2.75, 3.05) is 11.2 Å². The Bertz CT molecular complexity index is 662. The van der Waals surface area contributed by atoms with Crippen LogP contribution in [0.1, 0.15) is 30.1 Å². The molecule has 0 amide bonds. The highest BCUT2D eigenvalue weighted by atomic mass is 32.2. The second kappa shape index (κ2) is 5.91. The molecule has 0 spiro atoms. The van der Waals surface area contributed by atoms with Gasteiger partial charge in [0.2, 0.25) is 0 Å². The Morgan fingerprint density at radius 1 is 1.38 bits per heavy atom. The lowest BCUT2D eigenvalue weighted by Gasteiger charge is -2.25. The maximum Gasteiger partial charge on any atom is 0.172 e. The molecule has 3 N–H and O–H groups in total. The van der Waals surface area contributed by atoms with Crippen molar-refractivity contribution in [3.8, 4) is 5.75 Å². The average Bonchev–Trinajstić information content (AvgIpc) is 2.53. The fourth-order valence-electron chi connectivity index (χ4n) is 2.45. The Labute approximate surface area is 128 Å². The molecule has 1 unspecified atom stereocenters. The number of rotatable bonds is 3. The van der Waals surface area contributed by atoms with Gasteiger partial charge in [-0.2, -0.15) is 0 Å². The number of para-hydroxylation sites is 1. The Kier molecular flexibility index (Phi) is 3.98. The van der Waals surface area contributed by atoms with Crippen LogP contribution in [0.3, 0.4) is 0 Å². The summed E-state index contributed by atoms with van der Waals surface area (Å²) in [7, 11) is 0. The SMILES string of the molecule is CCc1c(C)nc(C2CSc3ccccc3O2)nc1NN. The van der Waals surface area contributed by atoms with Crippen LogP contribution in [0.25, 0.3) is 0 Å². The second-order valence-corrected chi connectivity index (χ2v) is 5.92. The van der Waals surface area contributed by atoms with Gasteiger partial charge in [-0.15, -0.1) is 11.8 Å². The molecule has 0 radical (unpaired) electrons. The first-order valence-corrected chi connectivity index (χ1v) is 7.94. The summed E-state index contributed by atoms with van der Waals surface area (Å²) in [6.07, 6.45) is 0.691. The quantitative estimate of drug-likeness (QED) is 0.671. The zero-order valence-corrected chi connectivity index (χ0v) is 12.9. The van der Waals surface area contributed by atoms with E-state index < -0.39 is 0 Å². The van der Waals surface area contributed by atoms with Gasteiger partial charge in [-0.1, -0.05) is 19.1 Å². The minimum absolute atomic E-state index is 0.151. The highest BCUT2D eigenvalue weighted by molar-refractivity contribution is 7.99. The molecule has 1 aromatic carbocycles. The maximum atomic E-state index is 6.03. The van der Waals surface area contributed by atoms with Crippen LogP contribution in [0.5, 0.6) is 5.75 Å². The lowest BCUT2D eigenvalue weighted by atomic mass is 10.1. The zero-order valence-electron chi connectivity index (χ0n) is 12.1. The number of nitrogen functional groups attached to an aromatic ring is 1. The molecule has 0 saturated heterocycles. The summed E-state index contributed by atoms with van der Waals surface area (Å²) in [5, 5.41) is 0. The van der Waals surface area contributed by atoms with Crippen LogP contribution in [0, 0.1) is 6.92 Å². The minimum Gasteiger partial charge on any atom is -0.480 e. The van der Waals surface area contributed by atoms with Crippen molar-refractivity contribution < 1.29 is 4.74 Å². The van der Waals surface area contributed by atoms with Crippen LogP contribution in [-0.4, -0.2) is 15.7 Å². The maximum absolute atomic E-state index is 6.03. The molecule has 1 aliphatic rings. The minimum atomic E-state index is -0.151. The van der Waals surface area contributed by atoms with Crippen LogP contribution in [0.4, 0.5) is 5.82 Å².